The van der Waals surface area contributed by atoms with Gasteiger partial charge < -0.3 is 0 Å². The lowest BCUT2D eigenvalue weighted by Gasteiger charge is -2.10. The van der Waals surface area contributed by atoms with Gasteiger partial charge in [-0.1, -0.05) is 40.2 Å². The van der Waals surface area contributed by atoms with Crippen LogP contribution in [0.1, 0.15) is 11.1 Å². The summed E-state index contributed by atoms with van der Waals surface area (Å²) in [6, 6.07) is 15.1. The topological polar surface area (TPSA) is 70.0 Å². The van der Waals surface area contributed by atoms with E-state index in [4.69, 9.17) is 5.26 Å². The third-order valence-corrected chi connectivity index (χ3v) is 4.67. The van der Waals surface area contributed by atoms with Crippen LogP contribution in [0.15, 0.2) is 53.4 Å². The molecule has 4 nitrogen and oxygen atoms in total. The molecule has 0 fully saturated rings. The van der Waals surface area contributed by atoms with Gasteiger partial charge >= 0.3 is 0 Å². The highest BCUT2D eigenvalue weighted by molar-refractivity contribution is 9.08. The van der Waals surface area contributed by atoms with E-state index < -0.39 is 10.0 Å². The SMILES string of the molecule is N#Cc1ccccc1NS(=O)(=O)c1cccc(CBr)c1. The van der Waals surface area contributed by atoms with Crippen molar-refractivity contribution >= 4 is 31.6 Å². The van der Waals surface area contributed by atoms with Crippen molar-refractivity contribution in [3.8, 4) is 6.07 Å². The predicted molar refractivity (Wildman–Crippen MR) is 81.0 cm³/mol. The van der Waals surface area contributed by atoms with Crippen LogP contribution in [0.3, 0.4) is 0 Å². The number of rotatable bonds is 4. The smallest absolute Gasteiger partial charge is 0.261 e. The molecule has 6 heteroatoms. The Balaban J connectivity index is 2.39. The minimum absolute atomic E-state index is 0.169. The van der Waals surface area contributed by atoms with Gasteiger partial charge in [0, 0.05) is 5.33 Å². The standard InChI is InChI=1S/C14H11BrN2O2S/c15-9-11-4-3-6-13(8-11)20(18,19)17-14-7-2-1-5-12(14)10-16/h1-8,17H,9H2. The summed E-state index contributed by atoms with van der Waals surface area (Å²) in [4.78, 5) is 0.169. The number of sulfonamides is 1. The highest BCUT2D eigenvalue weighted by Crippen LogP contribution is 2.20. The Morgan fingerprint density at radius 1 is 1.15 bits per heavy atom. The van der Waals surface area contributed by atoms with Crippen LogP contribution >= 0.6 is 15.9 Å². The van der Waals surface area contributed by atoms with Crippen molar-refractivity contribution in [2.75, 3.05) is 4.72 Å². The van der Waals surface area contributed by atoms with E-state index in [-0.39, 0.29) is 16.1 Å². The molecule has 102 valence electrons. The first-order valence-electron chi connectivity index (χ1n) is 5.73. The Kier molecular flexibility index (Phi) is 4.42. The van der Waals surface area contributed by atoms with Gasteiger partial charge in [-0.05, 0) is 29.8 Å². The molecule has 0 radical (unpaired) electrons. The first-order chi connectivity index (χ1) is 9.56. The second-order valence-electron chi connectivity index (χ2n) is 4.04. The van der Waals surface area contributed by atoms with Crippen molar-refractivity contribution in [1.29, 1.82) is 5.26 Å². The molecule has 0 bridgehead atoms. The summed E-state index contributed by atoms with van der Waals surface area (Å²) in [5.41, 5.74) is 1.42. The molecule has 0 heterocycles. The number of hydrogen-bond donors (Lipinski definition) is 1. The molecule has 1 N–H and O–H groups in total. The fourth-order valence-electron chi connectivity index (χ4n) is 1.67. The Labute approximate surface area is 126 Å². The number of nitrogens with one attached hydrogen (secondary N) is 1. The number of nitriles is 1. The molecule has 2 rings (SSSR count). The van der Waals surface area contributed by atoms with Gasteiger partial charge in [0.2, 0.25) is 0 Å². The van der Waals surface area contributed by atoms with Gasteiger partial charge in [-0.3, -0.25) is 4.72 Å². The molecule has 0 unspecified atom stereocenters. The lowest BCUT2D eigenvalue weighted by molar-refractivity contribution is 0.601. The first kappa shape index (κ1) is 14.6. The number of alkyl halides is 1. The number of nitrogens with zero attached hydrogens (tertiary/aromatic N) is 1. The Bertz CT molecular complexity index is 767. The van der Waals surface area contributed by atoms with E-state index in [2.05, 4.69) is 20.7 Å². The highest BCUT2D eigenvalue weighted by Gasteiger charge is 2.16. The maximum Gasteiger partial charge on any atom is 0.261 e. The summed E-state index contributed by atoms with van der Waals surface area (Å²) >= 11 is 3.29. The van der Waals surface area contributed by atoms with Gasteiger partial charge in [0.05, 0.1) is 16.1 Å². The van der Waals surface area contributed by atoms with Crippen LogP contribution in [0.5, 0.6) is 0 Å². The molecule has 20 heavy (non-hydrogen) atoms. The van der Waals surface area contributed by atoms with Crippen molar-refractivity contribution in [2.45, 2.75) is 10.2 Å². The van der Waals surface area contributed by atoms with Crippen LogP contribution in [0.2, 0.25) is 0 Å². The minimum Gasteiger partial charge on any atom is -0.278 e. The zero-order valence-electron chi connectivity index (χ0n) is 10.4. The van der Waals surface area contributed by atoms with Gasteiger partial charge in [-0.15, -0.1) is 0 Å². The Morgan fingerprint density at radius 3 is 2.60 bits per heavy atom. The van der Waals surface area contributed by atoms with Crippen LogP contribution in [0, 0.1) is 11.3 Å². The molecule has 2 aromatic carbocycles. The quantitative estimate of drug-likeness (QED) is 0.860. The maximum atomic E-state index is 12.3. The molecule has 0 aliphatic rings. The van der Waals surface area contributed by atoms with Crippen molar-refractivity contribution in [3.05, 3.63) is 59.7 Å². The lowest BCUT2D eigenvalue weighted by Crippen LogP contribution is -2.14. The summed E-state index contributed by atoms with van der Waals surface area (Å²) in [5.74, 6) is 0. The largest absolute Gasteiger partial charge is 0.278 e. The zero-order valence-corrected chi connectivity index (χ0v) is 12.8. The number of hydrogen-bond acceptors (Lipinski definition) is 3. The van der Waals surface area contributed by atoms with E-state index in [1.165, 1.54) is 6.07 Å². The number of halogens is 1. The predicted octanol–water partition coefficient (Wildman–Crippen LogP) is 3.25. The fraction of sp³-hybridized carbons (Fsp3) is 0.0714. The molecule has 0 aliphatic carbocycles. The molecule has 0 atom stereocenters. The van der Waals surface area contributed by atoms with Gasteiger partial charge in [0.1, 0.15) is 6.07 Å². The molecular formula is C14H11BrN2O2S. The van der Waals surface area contributed by atoms with Crippen molar-refractivity contribution < 1.29 is 8.42 Å². The maximum absolute atomic E-state index is 12.3. The molecule has 2 aromatic rings. The summed E-state index contributed by atoms with van der Waals surface area (Å²) in [7, 11) is -3.70. The van der Waals surface area contributed by atoms with Crippen LogP contribution in [-0.4, -0.2) is 8.42 Å². The molecule has 0 amide bonds. The molecule has 0 spiro atoms. The van der Waals surface area contributed by atoms with E-state index >= 15 is 0 Å². The average Bonchev–Trinajstić information content (AvgIpc) is 2.47. The lowest BCUT2D eigenvalue weighted by atomic mass is 10.2. The first-order valence-corrected chi connectivity index (χ1v) is 8.34. The fourth-order valence-corrected chi connectivity index (χ4v) is 3.17. The van der Waals surface area contributed by atoms with Gasteiger partial charge in [0.25, 0.3) is 10.0 Å². The summed E-state index contributed by atoms with van der Waals surface area (Å²) < 4.78 is 27.0. The molecule has 0 aromatic heterocycles. The van der Waals surface area contributed by atoms with Crippen LogP contribution < -0.4 is 4.72 Å². The van der Waals surface area contributed by atoms with Crippen LogP contribution in [0.4, 0.5) is 5.69 Å². The normalized spacial score (nSPS) is 10.8. The van der Waals surface area contributed by atoms with E-state index in [0.29, 0.717) is 5.33 Å². The Morgan fingerprint density at radius 2 is 1.90 bits per heavy atom. The molecule has 0 saturated heterocycles. The highest BCUT2D eigenvalue weighted by atomic mass is 79.9. The number of para-hydroxylation sites is 1. The van der Waals surface area contributed by atoms with Gasteiger partial charge in [-0.2, -0.15) is 5.26 Å². The van der Waals surface area contributed by atoms with Crippen LogP contribution in [-0.2, 0) is 15.4 Å². The van der Waals surface area contributed by atoms with E-state index in [0.717, 1.165) is 5.56 Å². The van der Waals surface area contributed by atoms with E-state index in [1.807, 2.05) is 12.1 Å². The summed E-state index contributed by atoms with van der Waals surface area (Å²) in [6.07, 6.45) is 0. The minimum atomic E-state index is -3.70. The monoisotopic (exact) mass is 350 g/mol. The molecule has 0 saturated carbocycles. The summed E-state index contributed by atoms with van der Waals surface area (Å²) in [5, 5.41) is 9.55. The van der Waals surface area contributed by atoms with Crippen LogP contribution in [0.25, 0.3) is 0 Å². The van der Waals surface area contributed by atoms with Crippen molar-refractivity contribution in [2.24, 2.45) is 0 Å². The second kappa shape index (κ2) is 6.07. The third kappa shape index (κ3) is 3.18. The number of benzene rings is 2. The summed E-state index contributed by atoms with van der Waals surface area (Å²) in [6.45, 7) is 0. The average molecular weight is 351 g/mol. The third-order valence-electron chi connectivity index (χ3n) is 2.65. The Hall–Kier alpha value is -1.84. The second-order valence-corrected chi connectivity index (χ2v) is 6.29. The number of anilines is 1. The van der Waals surface area contributed by atoms with Crippen molar-refractivity contribution in [1.82, 2.24) is 0 Å². The molecular weight excluding hydrogens is 340 g/mol. The van der Waals surface area contributed by atoms with E-state index in [1.54, 1.807) is 36.4 Å². The molecule has 0 aliphatic heterocycles. The van der Waals surface area contributed by atoms with E-state index in [9.17, 15) is 8.42 Å². The zero-order chi connectivity index (χ0) is 14.6. The van der Waals surface area contributed by atoms with Gasteiger partial charge in [-0.25, -0.2) is 8.42 Å². The van der Waals surface area contributed by atoms with Gasteiger partial charge in [0.15, 0.2) is 0 Å². The van der Waals surface area contributed by atoms with Crippen molar-refractivity contribution in [3.63, 3.8) is 0 Å².